The summed E-state index contributed by atoms with van der Waals surface area (Å²) in [5.74, 6) is 1.77. The van der Waals surface area contributed by atoms with Crippen molar-refractivity contribution >= 4 is 43.9 Å². The molecule has 0 saturated carbocycles. The van der Waals surface area contributed by atoms with E-state index >= 15 is 0 Å². The Labute approximate surface area is 322 Å². The number of aromatic nitrogens is 3. The highest BCUT2D eigenvalue weighted by Gasteiger charge is 2.23. The molecular weight excluding hydrogens is 687 g/mol. The van der Waals surface area contributed by atoms with Gasteiger partial charge in [-0.3, -0.25) is 0 Å². The van der Waals surface area contributed by atoms with Crippen molar-refractivity contribution < 1.29 is 8.83 Å². The summed E-state index contributed by atoms with van der Waals surface area (Å²) in [5.41, 5.74) is 12.2. The molecule has 0 unspecified atom stereocenters. The van der Waals surface area contributed by atoms with Crippen molar-refractivity contribution in [3.63, 3.8) is 0 Å². The Hall–Kier alpha value is -7.63. The van der Waals surface area contributed by atoms with Gasteiger partial charge in [0.15, 0.2) is 17.5 Å². The number of fused-ring (bicyclic) bond motifs is 6. The summed E-state index contributed by atoms with van der Waals surface area (Å²) >= 11 is 0. The molecule has 11 rings (SSSR count). The van der Waals surface area contributed by atoms with Crippen LogP contribution in [0.4, 0.5) is 0 Å². The van der Waals surface area contributed by atoms with Crippen LogP contribution in [0.15, 0.2) is 197 Å². The highest BCUT2D eigenvalue weighted by Crippen LogP contribution is 2.46. The molecule has 0 N–H and O–H groups in total. The van der Waals surface area contributed by atoms with Gasteiger partial charge in [-0.15, -0.1) is 0 Å². The zero-order valence-corrected chi connectivity index (χ0v) is 30.1. The Kier molecular flexibility index (Phi) is 7.42. The molecule has 0 amide bonds. The molecule has 0 aliphatic rings. The van der Waals surface area contributed by atoms with Crippen LogP contribution in [0.3, 0.4) is 0 Å². The maximum Gasteiger partial charge on any atom is 0.164 e. The van der Waals surface area contributed by atoms with Crippen LogP contribution in [0.5, 0.6) is 0 Å². The lowest BCUT2D eigenvalue weighted by Crippen LogP contribution is -2.00. The van der Waals surface area contributed by atoms with Crippen molar-refractivity contribution in [1.82, 2.24) is 15.0 Å². The predicted molar refractivity (Wildman–Crippen MR) is 227 cm³/mol. The van der Waals surface area contributed by atoms with Crippen LogP contribution < -0.4 is 0 Å². The minimum absolute atomic E-state index is 0.569. The van der Waals surface area contributed by atoms with Crippen molar-refractivity contribution in [1.29, 1.82) is 0 Å². The predicted octanol–water partition coefficient (Wildman–Crippen LogP) is 13.7. The van der Waals surface area contributed by atoms with Crippen LogP contribution >= 0.6 is 0 Å². The van der Waals surface area contributed by atoms with Gasteiger partial charge in [0.25, 0.3) is 0 Å². The molecular formula is C51H31N3O2. The van der Waals surface area contributed by atoms with E-state index in [0.29, 0.717) is 17.5 Å². The van der Waals surface area contributed by atoms with Crippen LogP contribution in [-0.2, 0) is 0 Å². The second kappa shape index (κ2) is 13.0. The lowest BCUT2D eigenvalue weighted by molar-refractivity contribution is 0.669. The Morgan fingerprint density at radius 3 is 1.64 bits per heavy atom. The van der Waals surface area contributed by atoms with E-state index in [2.05, 4.69) is 121 Å². The number of hydrogen-bond donors (Lipinski definition) is 0. The first-order valence-corrected chi connectivity index (χ1v) is 18.7. The van der Waals surface area contributed by atoms with Gasteiger partial charge in [0.1, 0.15) is 22.3 Å². The third-order valence-electron chi connectivity index (χ3n) is 10.6. The molecule has 0 fully saturated rings. The molecule has 0 spiro atoms. The molecule has 5 heteroatoms. The summed E-state index contributed by atoms with van der Waals surface area (Å²) in [5, 5.41) is 4.05. The number of nitrogens with zero attached hydrogens (tertiary/aromatic N) is 3. The summed E-state index contributed by atoms with van der Waals surface area (Å²) in [6.07, 6.45) is 0. The normalized spacial score (nSPS) is 11.6. The van der Waals surface area contributed by atoms with E-state index < -0.39 is 0 Å². The highest BCUT2D eigenvalue weighted by molar-refractivity contribution is 6.21. The van der Waals surface area contributed by atoms with Crippen LogP contribution in [0.25, 0.3) is 111 Å². The van der Waals surface area contributed by atoms with Crippen LogP contribution in [0, 0.1) is 0 Å². The zero-order chi connectivity index (χ0) is 37.0. The minimum Gasteiger partial charge on any atom is -0.456 e. The van der Waals surface area contributed by atoms with Gasteiger partial charge in [0, 0.05) is 49.4 Å². The van der Waals surface area contributed by atoms with Gasteiger partial charge in [0.05, 0.1) is 0 Å². The molecule has 8 aromatic carbocycles. The largest absolute Gasteiger partial charge is 0.456 e. The Bertz CT molecular complexity index is 3240. The number of benzene rings is 8. The monoisotopic (exact) mass is 717 g/mol. The topological polar surface area (TPSA) is 65.0 Å². The molecule has 3 heterocycles. The first-order valence-electron chi connectivity index (χ1n) is 18.7. The van der Waals surface area contributed by atoms with Crippen molar-refractivity contribution in [2.75, 3.05) is 0 Å². The summed E-state index contributed by atoms with van der Waals surface area (Å²) in [7, 11) is 0. The molecule has 56 heavy (non-hydrogen) atoms. The zero-order valence-electron chi connectivity index (χ0n) is 30.1. The summed E-state index contributed by atoms with van der Waals surface area (Å²) in [6, 6.07) is 64.3. The molecule has 0 atom stereocenters. The van der Waals surface area contributed by atoms with E-state index in [1.54, 1.807) is 0 Å². The summed E-state index contributed by atoms with van der Waals surface area (Å²) < 4.78 is 13.4. The first-order chi connectivity index (χ1) is 27.8. The number of rotatable bonds is 6. The quantitative estimate of drug-likeness (QED) is 0.171. The van der Waals surface area contributed by atoms with E-state index in [1.807, 2.05) is 66.7 Å². The van der Waals surface area contributed by atoms with Crippen LogP contribution in [0.1, 0.15) is 0 Å². The molecule has 3 aromatic heterocycles. The Balaban J connectivity index is 1.19. The Morgan fingerprint density at radius 1 is 0.286 bits per heavy atom. The molecule has 5 nitrogen and oxygen atoms in total. The van der Waals surface area contributed by atoms with Crippen molar-refractivity contribution in [3.05, 3.63) is 188 Å². The van der Waals surface area contributed by atoms with E-state index in [4.69, 9.17) is 23.8 Å². The lowest BCUT2D eigenvalue weighted by Gasteiger charge is -2.11. The van der Waals surface area contributed by atoms with Crippen LogP contribution in [0.2, 0.25) is 0 Å². The molecule has 0 saturated heterocycles. The minimum atomic E-state index is 0.569. The van der Waals surface area contributed by atoms with Gasteiger partial charge in [-0.2, -0.15) is 0 Å². The average Bonchev–Trinajstić information content (AvgIpc) is 3.86. The lowest BCUT2D eigenvalue weighted by atomic mass is 9.95. The smallest absolute Gasteiger partial charge is 0.164 e. The first kappa shape index (κ1) is 31.9. The van der Waals surface area contributed by atoms with Crippen molar-refractivity contribution in [2.24, 2.45) is 0 Å². The number of para-hydroxylation sites is 2. The maximum absolute atomic E-state index is 7.12. The van der Waals surface area contributed by atoms with E-state index in [-0.39, 0.29) is 0 Å². The highest BCUT2D eigenvalue weighted by atomic mass is 16.3. The van der Waals surface area contributed by atoms with Gasteiger partial charge in [-0.05, 0) is 52.6 Å². The number of hydrogen-bond acceptors (Lipinski definition) is 5. The fourth-order valence-electron chi connectivity index (χ4n) is 7.95. The fourth-order valence-corrected chi connectivity index (χ4v) is 7.95. The van der Waals surface area contributed by atoms with Gasteiger partial charge in [0.2, 0.25) is 0 Å². The van der Waals surface area contributed by atoms with Crippen molar-refractivity contribution in [3.8, 4) is 67.5 Å². The third kappa shape index (κ3) is 5.29. The summed E-state index contributed by atoms with van der Waals surface area (Å²) in [6.45, 7) is 0. The van der Waals surface area contributed by atoms with Gasteiger partial charge in [-0.25, -0.2) is 15.0 Å². The van der Waals surface area contributed by atoms with E-state index in [1.165, 1.54) is 0 Å². The van der Waals surface area contributed by atoms with Crippen LogP contribution in [-0.4, -0.2) is 15.0 Å². The van der Waals surface area contributed by atoms with Gasteiger partial charge in [-0.1, -0.05) is 158 Å². The van der Waals surface area contributed by atoms with Crippen molar-refractivity contribution in [2.45, 2.75) is 0 Å². The van der Waals surface area contributed by atoms with Gasteiger partial charge >= 0.3 is 0 Å². The average molecular weight is 718 g/mol. The summed E-state index contributed by atoms with van der Waals surface area (Å²) in [4.78, 5) is 15.5. The molecule has 0 bridgehead atoms. The SMILES string of the molecule is c1ccc(-c2cccc(-c3nc(-c4ccccc4)nc(-c4ccc(-c5ccccc5)c5oc6c(-c7cccc8oc9ccccc9c78)cccc6c45)n3)c2)cc1. The molecule has 0 aliphatic carbocycles. The standard InChI is InChI=1S/C51H31N3O2/c1-4-15-32(16-5-1)35-21-12-22-36(31-35)50-52-49(34-19-8-3-9-20-34)53-51(54-50)42-30-29-37(33-17-6-2-7-18-33)48-46(42)41-26-13-25-39(47(41)56-48)38-24-14-28-44-45(38)40-23-10-11-27-43(40)55-44/h1-31H. The van der Waals surface area contributed by atoms with E-state index in [9.17, 15) is 0 Å². The van der Waals surface area contributed by atoms with Gasteiger partial charge < -0.3 is 8.83 Å². The Morgan fingerprint density at radius 2 is 0.839 bits per heavy atom. The third-order valence-corrected chi connectivity index (χ3v) is 10.6. The molecule has 0 radical (unpaired) electrons. The number of furan rings is 2. The maximum atomic E-state index is 7.12. The fraction of sp³-hybridized carbons (Fsp3) is 0. The van der Waals surface area contributed by atoms with E-state index in [0.717, 1.165) is 93.9 Å². The molecule has 262 valence electrons. The molecule has 11 aromatic rings. The molecule has 0 aliphatic heterocycles. The second-order valence-electron chi connectivity index (χ2n) is 13.9. The second-order valence-corrected chi connectivity index (χ2v) is 13.9.